The first kappa shape index (κ1) is 20.5. The Balaban J connectivity index is 1.74. The summed E-state index contributed by atoms with van der Waals surface area (Å²) in [5.41, 5.74) is 2.16. The Morgan fingerprint density at radius 1 is 1.17 bits per heavy atom. The quantitative estimate of drug-likeness (QED) is 0.767. The summed E-state index contributed by atoms with van der Waals surface area (Å²) in [6.07, 6.45) is 1.53. The predicted molar refractivity (Wildman–Crippen MR) is 115 cm³/mol. The normalized spacial score (nSPS) is 15.9. The maximum absolute atomic E-state index is 13.0. The Morgan fingerprint density at radius 2 is 1.86 bits per heavy atom. The third-order valence-corrected chi connectivity index (χ3v) is 4.78. The lowest BCUT2D eigenvalue weighted by molar-refractivity contribution is -0.129. The van der Waals surface area contributed by atoms with Gasteiger partial charge in [0, 0.05) is 20.5 Å². The second kappa shape index (κ2) is 9.28. The average Bonchev–Trinajstić information content (AvgIpc) is 2.72. The third-order valence-electron chi connectivity index (χ3n) is 4.78. The molecule has 0 unspecified atom stereocenters. The molecule has 1 N–H and O–H groups in total. The maximum Gasteiger partial charge on any atom is 0.270 e. The number of nitrogens with zero attached hydrogens (tertiary/aromatic N) is 2. The molecule has 0 saturated heterocycles. The average molecular weight is 393 g/mol. The molecule has 1 aliphatic heterocycles. The van der Waals surface area contributed by atoms with Crippen LogP contribution in [0.2, 0.25) is 0 Å². The van der Waals surface area contributed by atoms with Gasteiger partial charge in [-0.25, -0.2) is 0 Å². The van der Waals surface area contributed by atoms with E-state index in [-0.39, 0.29) is 23.6 Å². The van der Waals surface area contributed by atoms with Crippen molar-refractivity contribution < 1.29 is 14.3 Å². The van der Waals surface area contributed by atoms with Crippen LogP contribution < -0.4 is 15.0 Å². The van der Waals surface area contributed by atoms with Crippen LogP contribution in [0.3, 0.4) is 0 Å². The fourth-order valence-electron chi connectivity index (χ4n) is 3.42. The molecule has 0 fully saturated rings. The number of rotatable bonds is 6. The largest absolute Gasteiger partial charge is 0.485 e. The monoisotopic (exact) mass is 393 g/mol. The van der Waals surface area contributed by atoms with Gasteiger partial charge in [-0.1, -0.05) is 42.5 Å². The molecule has 2 aromatic rings. The lowest BCUT2D eigenvalue weighted by Gasteiger charge is -2.37. The van der Waals surface area contributed by atoms with Crippen LogP contribution in [0.5, 0.6) is 5.75 Å². The van der Waals surface area contributed by atoms with Crippen molar-refractivity contribution in [3.63, 3.8) is 0 Å². The van der Waals surface area contributed by atoms with Crippen LogP contribution in [0.15, 0.2) is 60.3 Å². The molecule has 0 spiro atoms. The minimum atomic E-state index is -0.283. The van der Waals surface area contributed by atoms with Crippen LogP contribution in [0, 0.1) is 0 Å². The summed E-state index contributed by atoms with van der Waals surface area (Å²) in [5, 5.41) is 2.66. The molecule has 29 heavy (non-hydrogen) atoms. The van der Waals surface area contributed by atoms with Crippen LogP contribution in [-0.2, 0) is 9.59 Å². The topological polar surface area (TPSA) is 61.9 Å². The summed E-state index contributed by atoms with van der Waals surface area (Å²) < 4.78 is 6.12. The van der Waals surface area contributed by atoms with Crippen LogP contribution in [0.25, 0.3) is 6.08 Å². The maximum atomic E-state index is 13.0. The molecule has 6 nitrogen and oxygen atoms in total. The Labute approximate surface area is 171 Å². The molecule has 0 aromatic heterocycles. The molecule has 1 heterocycles. The van der Waals surface area contributed by atoms with Gasteiger partial charge in [-0.05, 0) is 30.7 Å². The van der Waals surface area contributed by atoms with Crippen molar-refractivity contribution in [2.24, 2.45) is 0 Å². The smallest absolute Gasteiger partial charge is 0.270 e. The fourth-order valence-corrected chi connectivity index (χ4v) is 3.42. The van der Waals surface area contributed by atoms with Crippen LogP contribution in [0.4, 0.5) is 5.69 Å². The minimum absolute atomic E-state index is 0.158. The van der Waals surface area contributed by atoms with E-state index < -0.39 is 0 Å². The molecule has 3 rings (SSSR count). The van der Waals surface area contributed by atoms with Gasteiger partial charge in [0.25, 0.3) is 5.91 Å². The van der Waals surface area contributed by atoms with E-state index in [4.69, 9.17) is 4.74 Å². The molecule has 0 bridgehead atoms. The van der Waals surface area contributed by atoms with Crippen molar-refractivity contribution in [2.75, 3.05) is 31.6 Å². The molecule has 1 aliphatic rings. The highest BCUT2D eigenvalue weighted by molar-refractivity contribution is 6.00. The second-order valence-corrected chi connectivity index (χ2v) is 7.08. The van der Waals surface area contributed by atoms with Gasteiger partial charge in [0.15, 0.2) is 0 Å². The summed E-state index contributed by atoms with van der Waals surface area (Å²) in [6, 6.07) is 17.4. The molecule has 1 atom stereocenters. The number of anilines is 1. The lowest BCUT2D eigenvalue weighted by atomic mass is 10.1. The Kier molecular flexibility index (Phi) is 6.54. The van der Waals surface area contributed by atoms with Gasteiger partial charge >= 0.3 is 0 Å². The highest BCUT2D eigenvalue weighted by atomic mass is 16.5. The zero-order chi connectivity index (χ0) is 20.8. The highest BCUT2D eigenvalue weighted by Crippen LogP contribution is 2.32. The van der Waals surface area contributed by atoms with Gasteiger partial charge in [-0.2, -0.15) is 0 Å². The number of fused-ring (bicyclic) bond motifs is 1. The van der Waals surface area contributed by atoms with Gasteiger partial charge in [0.2, 0.25) is 5.91 Å². The number of hydrogen-bond acceptors (Lipinski definition) is 4. The van der Waals surface area contributed by atoms with Crippen molar-refractivity contribution in [1.82, 2.24) is 10.2 Å². The van der Waals surface area contributed by atoms with Crippen LogP contribution in [0.1, 0.15) is 19.4 Å². The van der Waals surface area contributed by atoms with E-state index in [1.807, 2.05) is 54.6 Å². The van der Waals surface area contributed by atoms with E-state index in [1.54, 1.807) is 18.0 Å². The summed E-state index contributed by atoms with van der Waals surface area (Å²) in [5.74, 6) is 0.289. The zero-order valence-electron chi connectivity index (χ0n) is 17.1. The van der Waals surface area contributed by atoms with E-state index in [1.165, 1.54) is 6.92 Å². The Hall–Kier alpha value is -3.28. The number of ether oxygens (including phenoxy) is 1. The standard InChI is InChI=1S/C23H27N3O3/c1-4-26-16-19(29-22-13-9-8-12-21(22)26)15-25(3)23(28)20(24-17(2)27)14-18-10-6-5-7-11-18/h5-14,19H,4,15-16H2,1-3H3,(H,24,27)/b20-14-/t19-/m0/s1. The van der Waals surface area contributed by atoms with Gasteiger partial charge in [0.05, 0.1) is 18.8 Å². The number of carbonyl (C=O) groups is 2. The minimum Gasteiger partial charge on any atom is -0.485 e. The SMILES string of the molecule is CCN1C[C@H](CN(C)C(=O)/C(=C/c2ccccc2)NC(C)=O)Oc2ccccc21. The van der Waals surface area contributed by atoms with Crippen molar-refractivity contribution in [3.8, 4) is 5.75 Å². The number of amides is 2. The second-order valence-electron chi connectivity index (χ2n) is 7.08. The fraction of sp³-hybridized carbons (Fsp3) is 0.304. The van der Waals surface area contributed by atoms with Gasteiger partial charge in [-0.3, -0.25) is 9.59 Å². The van der Waals surface area contributed by atoms with Gasteiger partial charge < -0.3 is 19.9 Å². The number of carbonyl (C=O) groups excluding carboxylic acids is 2. The van der Waals surface area contributed by atoms with E-state index in [0.717, 1.165) is 23.5 Å². The van der Waals surface area contributed by atoms with Gasteiger partial charge in [-0.15, -0.1) is 0 Å². The predicted octanol–water partition coefficient (Wildman–Crippen LogP) is 2.91. The highest BCUT2D eigenvalue weighted by Gasteiger charge is 2.27. The summed E-state index contributed by atoms with van der Waals surface area (Å²) in [4.78, 5) is 28.5. The van der Waals surface area contributed by atoms with Gasteiger partial charge in [0.1, 0.15) is 17.6 Å². The number of likely N-dealkylation sites (N-methyl/N-ethyl adjacent to an activating group) is 2. The first-order valence-electron chi connectivity index (χ1n) is 9.78. The molecular formula is C23H27N3O3. The van der Waals surface area contributed by atoms with Crippen molar-refractivity contribution in [3.05, 3.63) is 65.9 Å². The molecule has 2 amide bonds. The summed E-state index contributed by atoms with van der Waals surface area (Å²) >= 11 is 0. The third kappa shape index (κ3) is 5.16. The van der Waals surface area contributed by atoms with Crippen molar-refractivity contribution in [2.45, 2.75) is 20.0 Å². The van der Waals surface area contributed by atoms with E-state index in [0.29, 0.717) is 13.1 Å². The molecule has 0 radical (unpaired) electrons. The number of para-hydroxylation sites is 2. The summed E-state index contributed by atoms with van der Waals surface area (Å²) in [7, 11) is 1.73. The first-order valence-corrected chi connectivity index (χ1v) is 9.78. The van der Waals surface area contributed by atoms with Crippen molar-refractivity contribution in [1.29, 1.82) is 0 Å². The summed E-state index contributed by atoms with van der Waals surface area (Å²) in [6.45, 7) is 5.47. The molecule has 2 aromatic carbocycles. The number of benzene rings is 2. The first-order chi connectivity index (χ1) is 14.0. The van der Waals surface area contributed by atoms with Crippen LogP contribution in [-0.4, -0.2) is 49.5 Å². The molecular weight excluding hydrogens is 366 g/mol. The number of nitrogens with one attached hydrogen (secondary N) is 1. The molecule has 6 heteroatoms. The molecule has 152 valence electrons. The van der Waals surface area contributed by atoms with Crippen molar-refractivity contribution >= 4 is 23.6 Å². The van der Waals surface area contributed by atoms with E-state index in [9.17, 15) is 9.59 Å². The lowest BCUT2D eigenvalue weighted by Crippen LogP contribution is -2.47. The molecule has 0 aliphatic carbocycles. The van der Waals surface area contributed by atoms with E-state index in [2.05, 4.69) is 17.1 Å². The number of hydrogen-bond donors (Lipinski definition) is 1. The van der Waals surface area contributed by atoms with E-state index >= 15 is 0 Å². The van der Waals surface area contributed by atoms with Crippen LogP contribution >= 0.6 is 0 Å². The Bertz CT molecular complexity index is 895. The zero-order valence-corrected chi connectivity index (χ0v) is 17.1. The Morgan fingerprint density at radius 3 is 2.55 bits per heavy atom. The molecule has 0 saturated carbocycles.